The molecule has 0 aliphatic heterocycles. The van der Waals surface area contributed by atoms with Gasteiger partial charge in [-0.2, -0.15) is 21.9 Å². The maximum absolute atomic E-state index is 15.3. The maximum atomic E-state index is 15.3. The molecule has 0 radical (unpaired) electrons. The zero-order valence-electron chi connectivity index (χ0n) is 45.6. The minimum absolute atomic E-state index is 0.621. The van der Waals surface area contributed by atoms with E-state index >= 15 is 17.6 Å². The monoisotopic (exact) mass is 1130 g/mol. The molecule has 0 amide bonds. The van der Waals surface area contributed by atoms with Gasteiger partial charge in [0.05, 0.1) is 13.1 Å². The summed E-state index contributed by atoms with van der Waals surface area (Å²) in [6.07, 6.45) is 41.4. The number of benzene rings is 4. The van der Waals surface area contributed by atoms with E-state index in [1.165, 1.54) is 219 Å². The summed E-state index contributed by atoms with van der Waals surface area (Å²) in [5, 5.41) is 2.59. The Morgan fingerprint density at radius 3 is 0.577 bits per heavy atom. The first-order valence-electron chi connectivity index (χ1n) is 28.7. The van der Waals surface area contributed by atoms with Gasteiger partial charge in [0.25, 0.3) is 0 Å². The molecule has 2 N–H and O–H groups in total. The molecule has 0 fully saturated rings. The first-order valence-corrected chi connectivity index (χ1v) is 28.7. The quantitative estimate of drug-likeness (QED) is 0.0151. The molecule has 0 atom stereocenters. The Hall–Kier alpha value is -4.22. The average Bonchev–Trinajstić information content (AvgIpc) is 3.52. The first kappa shape index (κ1) is 68.1. The Kier molecular flexibility index (Phi) is 32.2. The van der Waals surface area contributed by atoms with Crippen LogP contribution in [0.3, 0.4) is 0 Å². The minimum atomic E-state index is -5.62. The molecule has 0 bridgehead atoms. The standard InChI is InChI=1S/C36H75N.C24H4BF16/c1-3-5-7-9-11-13-15-17-19-21-23-25-27-29-31-33-35-37-36-34-32-30-28-26-24-22-20-18-16-14-12-10-8-6-4-2;26-9-1-5(13(30)21(38)17(9)34)25(6-2-10(27)18(35)22(39)14(6)31,7-3-11(28)19(36)23(40)15(7)32)8-4-12(29)20(37)24(41)16(8)33/h37H,3-36H2,1-2H3;1-4H/q;-1/p+1. The number of nitrogens with two attached hydrogens (primary N) is 1. The van der Waals surface area contributed by atoms with Gasteiger partial charge >= 0.3 is 0 Å². The van der Waals surface area contributed by atoms with Crippen LogP contribution in [-0.4, -0.2) is 19.2 Å². The second kappa shape index (κ2) is 36.9. The molecule has 4 rings (SSSR count). The number of rotatable bonds is 38. The predicted octanol–water partition coefficient (Wildman–Crippen LogP) is 17.4. The van der Waals surface area contributed by atoms with Crippen LogP contribution in [0.2, 0.25) is 0 Å². The second-order valence-electron chi connectivity index (χ2n) is 20.9. The van der Waals surface area contributed by atoms with E-state index in [0.717, 1.165) is 0 Å². The van der Waals surface area contributed by atoms with Crippen molar-refractivity contribution in [3.63, 3.8) is 0 Å². The number of quaternary nitrogens is 1. The SMILES string of the molecule is CCCCCCCCCCCCCCCCCC[NH2+]CCCCCCCCCCCCCCCCCC.Fc1cc([B-](c2cc(F)c(F)c(F)c2F)(c2cc(F)c(F)c(F)c2F)c2cc(F)c(F)c(F)c2F)c(F)c(F)c1F. The fourth-order valence-corrected chi connectivity index (χ4v) is 10.4. The van der Waals surface area contributed by atoms with Crippen molar-refractivity contribution < 1.29 is 75.6 Å². The van der Waals surface area contributed by atoms with Gasteiger partial charge in [-0.15, -0.1) is 0 Å². The van der Waals surface area contributed by atoms with Crippen LogP contribution in [0.4, 0.5) is 70.2 Å². The van der Waals surface area contributed by atoms with Crippen LogP contribution in [0.1, 0.15) is 219 Å². The lowest BCUT2D eigenvalue weighted by molar-refractivity contribution is -0.655. The largest absolute Gasteiger partial charge is 0.346 e. The fraction of sp³-hybridized carbons (Fsp3) is 0.600. The molecule has 0 saturated carbocycles. The van der Waals surface area contributed by atoms with Crippen molar-refractivity contribution in [1.82, 2.24) is 0 Å². The Morgan fingerprint density at radius 2 is 0.397 bits per heavy atom. The van der Waals surface area contributed by atoms with Crippen LogP contribution in [0.15, 0.2) is 24.3 Å². The summed E-state index contributed by atoms with van der Waals surface area (Å²) in [4.78, 5) is 0. The lowest BCUT2D eigenvalue weighted by Crippen LogP contribution is -2.84. The molecule has 0 unspecified atom stereocenters. The molecule has 0 aliphatic carbocycles. The highest BCUT2D eigenvalue weighted by Crippen LogP contribution is 2.27. The van der Waals surface area contributed by atoms with E-state index in [1.54, 1.807) is 0 Å². The van der Waals surface area contributed by atoms with E-state index in [-0.39, 0.29) is 0 Å². The molecular weight excluding hydrogens is 1050 g/mol. The molecule has 0 saturated heterocycles. The van der Waals surface area contributed by atoms with Gasteiger partial charge in [0.1, 0.15) is 29.4 Å². The van der Waals surface area contributed by atoms with Crippen molar-refractivity contribution in [3.05, 3.63) is 117 Å². The van der Waals surface area contributed by atoms with Crippen LogP contribution < -0.4 is 27.2 Å². The first-order chi connectivity index (χ1) is 37.4. The third-order valence-electron chi connectivity index (χ3n) is 14.9. The van der Waals surface area contributed by atoms with E-state index < -0.39 is 145 Å². The Bertz CT molecular complexity index is 2100. The van der Waals surface area contributed by atoms with Crippen molar-refractivity contribution in [3.8, 4) is 0 Å². The van der Waals surface area contributed by atoms with Gasteiger partial charge in [0, 0.05) is 0 Å². The molecule has 0 aliphatic rings. The molecule has 4 aromatic rings. The topological polar surface area (TPSA) is 16.6 Å². The summed E-state index contributed by atoms with van der Waals surface area (Å²) in [6, 6.07) is -2.49. The van der Waals surface area contributed by atoms with E-state index in [2.05, 4.69) is 19.2 Å². The van der Waals surface area contributed by atoms with E-state index in [4.69, 9.17) is 0 Å². The van der Waals surface area contributed by atoms with Crippen LogP contribution in [0.5, 0.6) is 0 Å². The maximum Gasteiger partial charge on any atom is 0.197 e. The highest BCUT2D eigenvalue weighted by atomic mass is 19.2. The van der Waals surface area contributed by atoms with E-state index in [1.807, 2.05) is 0 Å². The molecule has 0 aromatic heterocycles. The van der Waals surface area contributed by atoms with Gasteiger partial charge in [-0.3, -0.25) is 0 Å². The number of unbranched alkanes of at least 4 members (excludes halogenated alkanes) is 30. The highest BCUT2D eigenvalue weighted by Gasteiger charge is 2.45. The third kappa shape index (κ3) is 20.1. The van der Waals surface area contributed by atoms with Crippen LogP contribution in [-0.2, 0) is 0 Å². The summed E-state index contributed by atoms with van der Waals surface area (Å²) in [5.74, 6) is -44.3. The van der Waals surface area contributed by atoms with E-state index in [0.29, 0.717) is 0 Å². The van der Waals surface area contributed by atoms with E-state index in [9.17, 15) is 52.7 Å². The van der Waals surface area contributed by atoms with Crippen LogP contribution >= 0.6 is 0 Å². The van der Waals surface area contributed by atoms with Crippen molar-refractivity contribution in [2.24, 2.45) is 0 Å². The molecule has 1 nitrogen and oxygen atoms in total. The molecular formula is C60H80BF16N. The molecule has 0 heterocycles. The zero-order valence-corrected chi connectivity index (χ0v) is 45.6. The number of hydrogen-bond donors (Lipinski definition) is 1. The zero-order chi connectivity index (χ0) is 57.6. The van der Waals surface area contributed by atoms with Crippen molar-refractivity contribution in [2.75, 3.05) is 13.1 Å². The molecule has 78 heavy (non-hydrogen) atoms. The summed E-state index contributed by atoms with van der Waals surface area (Å²) in [5.41, 5.74) is -9.06. The van der Waals surface area contributed by atoms with Gasteiger partial charge in [0.15, 0.2) is 69.8 Å². The van der Waals surface area contributed by atoms with Crippen molar-refractivity contribution in [2.45, 2.75) is 219 Å². The van der Waals surface area contributed by atoms with Crippen molar-refractivity contribution in [1.29, 1.82) is 0 Å². The summed E-state index contributed by atoms with van der Waals surface area (Å²) < 4.78 is 232. The van der Waals surface area contributed by atoms with Gasteiger partial charge in [-0.25, -0.2) is 70.2 Å². The van der Waals surface area contributed by atoms with Gasteiger partial charge in [-0.05, 0) is 25.7 Å². The minimum Gasteiger partial charge on any atom is -0.346 e. The fourth-order valence-electron chi connectivity index (χ4n) is 10.4. The summed E-state index contributed by atoms with van der Waals surface area (Å²) in [7, 11) is 0. The second-order valence-corrected chi connectivity index (χ2v) is 20.9. The highest BCUT2D eigenvalue weighted by molar-refractivity contribution is 7.20. The molecule has 18 heteroatoms. The van der Waals surface area contributed by atoms with Gasteiger partial charge in [0.2, 0.25) is 0 Å². The molecule has 440 valence electrons. The van der Waals surface area contributed by atoms with Crippen molar-refractivity contribution >= 4 is 28.0 Å². The number of halogens is 16. The lowest BCUT2D eigenvalue weighted by atomic mass is 9.12. The Morgan fingerprint density at radius 1 is 0.231 bits per heavy atom. The summed E-state index contributed by atoms with van der Waals surface area (Å²) in [6.45, 7) is 7.36. The lowest BCUT2D eigenvalue weighted by Gasteiger charge is -2.44. The predicted molar refractivity (Wildman–Crippen MR) is 280 cm³/mol. The third-order valence-corrected chi connectivity index (χ3v) is 14.9. The Labute approximate surface area is 452 Å². The van der Waals surface area contributed by atoms with Crippen LogP contribution in [0, 0.1) is 93.1 Å². The van der Waals surface area contributed by atoms with Gasteiger partial charge < -0.3 is 5.32 Å². The van der Waals surface area contributed by atoms with Gasteiger partial charge in [-0.1, -0.05) is 218 Å². The molecule has 0 spiro atoms. The Balaban J connectivity index is 0.000000413. The normalized spacial score (nSPS) is 11.7. The average molecular weight is 1130 g/mol. The number of hydrogen-bond acceptors (Lipinski definition) is 0. The summed E-state index contributed by atoms with van der Waals surface area (Å²) >= 11 is 0. The molecule has 4 aromatic carbocycles. The smallest absolute Gasteiger partial charge is 0.197 e. The van der Waals surface area contributed by atoms with Crippen LogP contribution in [0.25, 0.3) is 0 Å².